The Kier molecular flexibility index (Phi) is 4.19. The van der Waals surface area contributed by atoms with Gasteiger partial charge in [0.2, 0.25) is 10.1 Å². The van der Waals surface area contributed by atoms with Gasteiger partial charge < -0.3 is 10.2 Å². The van der Waals surface area contributed by atoms with Crippen LogP contribution in [0.3, 0.4) is 0 Å². The smallest absolute Gasteiger partial charge is 0.288 e. The third kappa shape index (κ3) is 3.12. The maximum atomic E-state index is 12.6. The van der Waals surface area contributed by atoms with Gasteiger partial charge in [-0.05, 0) is 18.4 Å². The normalized spacial score (nSPS) is 14.2. The van der Waals surface area contributed by atoms with Gasteiger partial charge in [0.05, 0.1) is 0 Å². The van der Waals surface area contributed by atoms with Crippen molar-refractivity contribution in [1.82, 2.24) is 19.9 Å². The van der Waals surface area contributed by atoms with Crippen molar-refractivity contribution in [2.45, 2.75) is 19.4 Å². The molecule has 128 valence electrons. The SMILES string of the molecule is O=C(NCc1ccccc1)c1cnc2sc(N3CCCC3)nn2c1=O. The summed E-state index contributed by atoms with van der Waals surface area (Å²) >= 11 is 1.37. The molecule has 1 amide bonds. The largest absolute Gasteiger partial charge is 0.348 e. The molecule has 1 N–H and O–H groups in total. The van der Waals surface area contributed by atoms with Crippen LogP contribution in [0.15, 0.2) is 41.3 Å². The quantitative estimate of drug-likeness (QED) is 0.770. The standard InChI is InChI=1S/C17H17N5O2S/c23-14(18-10-12-6-2-1-3-7-12)13-11-19-16-22(15(13)24)20-17(25-16)21-8-4-5-9-21/h1-3,6-7,11H,4-5,8-10H2,(H,18,23). The lowest BCUT2D eigenvalue weighted by Crippen LogP contribution is -2.31. The maximum absolute atomic E-state index is 12.6. The van der Waals surface area contributed by atoms with E-state index in [4.69, 9.17) is 0 Å². The van der Waals surface area contributed by atoms with Gasteiger partial charge >= 0.3 is 0 Å². The number of hydrogen-bond acceptors (Lipinski definition) is 6. The lowest BCUT2D eigenvalue weighted by atomic mass is 10.2. The fraction of sp³-hybridized carbons (Fsp3) is 0.294. The minimum absolute atomic E-state index is 0.00621. The summed E-state index contributed by atoms with van der Waals surface area (Å²) in [4.78, 5) is 31.8. The first-order valence-corrected chi connectivity index (χ1v) is 9.00. The van der Waals surface area contributed by atoms with Gasteiger partial charge in [0.1, 0.15) is 5.56 Å². The highest BCUT2D eigenvalue weighted by atomic mass is 32.1. The molecule has 3 heterocycles. The highest BCUT2D eigenvalue weighted by molar-refractivity contribution is 7.20. The molecule has 25 heavy (non-hydrogen) atoms. The van der Waals surface area contributed by atoms with E-state index in [0.717, 1.165) is 36.6 Å². The molecule has 1 aromatic carbocycles. The maximum Gasteiger partial charge on any atom is 0.288 e. The van der Waals surface area contributed by atoms with E-state index >= 15 is 0 Å². The van der Waals surface area contributed by atoms with Crippen LogP contribution in [0.5, 0.6) is 0 Å². The van der Waals surface area contributed by atoms with Crippen molar-refractivity contribution in [3.63, 3.8) is 0 Å². The van der Waals surface area contributed by atoms with Crippen LogP contribution in [0.25, 0.3) is 4.96 Å². The number of amides is 1. The molecule has 3 aromatic rings. The Morgan fingerprint density at radius 2 is 1.96 bits per heavy atom. The summed E-state index contributed by atoms with van der Waals surface area (Å²) in [6.07, 6.45) is 3.60. The van der Waals surface area contributed by atoms with E-state index in [2.05, 4.69) is 20.3 Å². The van der Waals surface area contributed by atoms with E-state index in [9.17, 15) is 9.59 Å². The molecule has 0 atom stereocenters. The summed E-state index contributed by atoms with van der Waals surface area (Å²) in [6, 6.07) is 9.54. The van der Waals surface area contributed by atoms with Crippen LogP contribution < -0.4 is 15.8 Å². The molecule has 8 heteroatoms. The number of nitrogens with zero attached hydrogens (tertiary/aromatic N) is 4. The van der Waals surface area contributed by atoms with Crippen LogP contribution in [-0.2, 0) is 6.54 Å². The Balaban J connectivity index is 1.58. The number of fused-ring (bicyclic) bond motifs is 1. The molecule has 1 fully saturated rings. The fourth-order valence-corrected chi connectivity index (χ4v) is 3.75. The molecule has 2 aromatic heterocycles. The van der Waals surface area contributed by atoms with Crippen molar-refractivity contribution < 1.29 is 4.79 Å². The molecule has 0 radical (unpaired) electrons. The molecule has 0 aliphatic carbocycles. The summed E-state index contributed by atoms with van der Waals surface area (Å²) in [5.41, 5.74) is 0.541. The first-order valence-electron chi connectivity index (χ1n) is 8.18. The van der Waals surface area contributed by atoms with Gasteiger partial charge in [-0.15, -0.1) is 5.10 Å². The zero-order chi connectivity index (χ0) is 17.2. The zero-order valence-corrected chi connectivity index (χ0v) is 14.3. The van der Waals surface area contributed by atoms with E-state index in [0.29, 0.717) is 11.5 Å². The van der Waals surface area contributed by atoms with Crippen molar-refractivity contribution in [2.75, 3.05) is 18.0 Å². The van der Waals surface area contributed by atoms with Crippen molar-refractivity contribution in [2.24, 2.45) is 0 Å². The monoisotopic (exact) mass is 355 g/mol. The van der Waals surface area contributed by atoms with Gasteiger partial charge in [-0.3, -0.25) is 9.59 Å². The number of carbonyl (C=O) groups excluding carboxylic acids is 1. The average Bonchev–Trinajstić information content (AvgIpc) is 3.30. The molecule has 0 spiro atoms. The van der Waals surface area contributed by atoms with E-state index < -0.39 is 11.5 Å². The molecule has 1 aliphatic rings. The van der Waals surface area contributed by atoms with Crippen molar-refractivity contribution in [1.29, 1.82) is 0 Å². The summed E-state index contributed by atoms with van der Waals surface area (Å²) in [7, 11) is 0. The third-order valence-corrected chi connectivity index (χ3v) is 5.18. The van der Waals surface area contributed by atoms with Gasteiger partial charge in [-0.25, -0.2) is 4.98 Å². The predicted molar refractivity (Wildman–Crippen MR) is 96.2 cm³/mol. The van der Waals surface area contributed by atoms with Crippen LogP contribution in [0.4, 0.5) is 5.13 Å². The Morgan fingerprint density at radius 3 is 2.72 bits per heavy atom. The lowest BCUT2D eigenvalue weighted by Gasteiger charge is -2.10. The number of aromatic nitrogens is 3. The predicted octanol–water partition coefficient (Wildman–Crippen LogP) is 1.68. The highest BCUT2D eigenvalue weighted by Crippen LogP contribution is 2.24. The summed E-state index contributed by atoms with van der Waals surface area (Å²) in [5, 5.41) is 7.90. The molecule has 1 saturated heterocycles. The van der Waals surface area contributed by atoms with E-state index in [-0.39, 0.29) is 5.56 Å². The Labute approximate surface area is 147 Å². The van der Waals surface area contributed by atoms with Crippen molar-refractivity contribution in [3.8, 4) is 0 Å². The number of nitrogens with one attached hydrogen (secondary N) is 1. The molecule has 0 bridgehead atoms. The number of hydrogen-bond donors (Lipinski definition) is 1. The first kappa shape index (κ1) is 15.8. The van der Waals surface area contributed by atoms with Gasteiger partial charge in [0.15, 0.2) is 0 Å². The zero-order valence-electron chi connectivity index (χ0n) is 13.5. The summed E-state index contributed by atoms with van der Waals surface area (Å²) < 4.78 is 1.23. The third-order valence-electron chi connectivity index (χ3n) is 4.19. The van der Waals surface area contributed by atoms with E-state index in [1.165, 1.54) is 22.0 Å². The number of rotatable bonds is 4. The molecular weight excluding hydrogens is 338 g/mol. The second kappa shape index (κ2) is 6.64. The fourth-order valence-electron chi connectivity index (χ4n) is 2.84. The van der Waals surface area contributed by atoms with Crippen molar-refractivity contribution >= 4 is 27.3 Å². The Bertz CT molecular complexity index is 960. The second-order valence-corrected chi connectivity index (χ2v) is 6.85. The molecule has 0 unspecified atom stereocenters. The molecule has 0 saturated carbocycles. The van der Waals surface area contributed by atoms with Crippen LogP contribution in [-0.4, -0.2) is 33.6 Å². The van der Waals surface area contributed by atoms with Crippen LogP contribution in [0.1, 0.15) is 28.8 Å². The second-order valence-electron chi connectivity index (χ2n) is 5.92. The number of anilines is 1. The Morgan fingerprint density at radius 1 is 1.20 bits per heavy atom. The molecule has 4 rings (SSSR count). The average molecular weight is 355 g/mol. The number of carbonyl (C=O) groups is 1. The topological polar surface area (TPSA) is 79.6 Å². The highest BCUT2D eigenvalue weighted by Gasteiger charge is 2.20. The number of benzene rings is 1. The molecule has 1 aliphatic heterocycles. The van der Waals surface area contributed by atoms with Gasteiger partial charge in [-0.1, -0.05) is 41.7 Å². The minimum Gasteiger partial charge on any atom is -0.348 e. The molecular formula is C17H17N5O2S. The van der Waals surface area contributed by atoms with E-state index in [1.807, 2.05) is 30.3 Å². The van der Waals surface area contributed by atoms with Gasteiger partial charge in [0.25, 0.3) is 11.5 Å². The van der Waals surface area contributed by atoms with E-state index in [1.54, 1.807) is 0 Å². The van der Waals surface area contributed by atoms with Gasteiger partial charge in [-0.2, -0.15) is 4.52 Å². The minimum atomic E-state index is -0.438. The van der Waals surface area contributed by atoms with Crippen LogP contribution >= 0.6 is 11.3 Å². The Hall–Kier alpha value is -2.74. The first-order chi connectivity index (χ1) is 12.2. The van der Waals surface area contributed by atoms with Crippen LogP contribution in [0, 0.1) is 0 Å². The van der Waals surface area contributed by atoms with Gasteiger partial charge in [0, 0.05) is 25.8 Å². The lowest BCUT2D eigenvalue weighted by molar-refractivity contribution is 0.0948. The molecule has 7 nitrogen and oxygen atoms in total. The van der Waals surface area contributed by atoms with Crippen molar-refractivity contribution in [3.05, 3.63) is 58.0 Å². The summed E-state index contributed by atoms with van der Waals surface area (Å²) in [6.45, 7) is 2.25. The van der Waals surface area contributed by atoms with Crippen LogP contribution in [0.2, 0.25) is 0 Å². The summed E-state index contributed by atoms with van der Waals surface area (Å²) in [5.74, 6) is -0.438.